The van der Waals surface area contributed by atoms with Crippen LogP contribution in [0.15, 0.2) is 18.2 Å². The van der Waals surface area contributed by atoms with Crippen LogP contribution in [-0.2, 0) is 5.41 Å². The fourth-order valence-electron chi connectivity index (χ4n) is 1.31. The van der Waals surface area contributed by atoms with E-state index in [1.807, 2.05) is 0 Å². The first kappa shape index (κ1) is 12.7. The average Bonchev–Trinajstić information content (AvgIpc) is 2.04. The number of phenolic OH excluding ortho intramolecular Hbond substituents is 1. The molecule has 2 nitrogen and oxygen atoms in total. The molecule has 0 bridgehead atoms. The van der Waals surface area contributed by atoms with E-state index in [1.54, 1.807) is 20.8 Å². The number of alkyl halides is 3. The van der Waals surface area contributed by atoms with E-state index in [4.69, 9.17) is 0 Å². The summed E-state index contributed by atoms with van der Waals surface area (Å²) in [6.07, 6.45) is -4.72. The number of ether oxygens (including phenoxy) is 1. The van der Waals surface area contributed by atoms with Crippen LogP contribution < -0.4 is 4.74 Å². The smallest absolute Gasteiger partial charge is 0.508 e. The lowest BCUT2D eigenvalue weighted by atomic mass is 9.86. The van der Waals surface area contributed by atoms with Crippen LogP contribution in [0.3, 0.4) is 0 Å². The summed E-state index contributed by atoms with van der Waals surface area (Å²) in [6, 6.07) is 3.47. The van der Waals surface area contributed by atoms with Crippen LogP contribution in [-0.4, -0.2) is 11.5 Å². The van der Waals surface area contributed by atoms with Gasteiger partial charge in [0, 0.05) is 5.56 Å². The van der Waals surface area contributed by atoms with Crippen molar-refractivity contribution in [3.8, 4) is 11.5 Å². The van der Waals surface area contributed by atoms with Crippen LogP contribution in [0, 0.1) is 0 Å². The Morgan fingerprint density at radius 2 is 1.69 bits per heavy atom. The maximum absolute atomic E-state index is 12.0. The third kappa shape index (κ3) is 3.32. The summed E-state index contributed by atoms with van der Waals surface area (Å²) in [5.41, 5.74) is -0.0380. The van der Waals surface area contributed by atoms with Gasteiger partial charge in [0.15, 0.2) is 0 Å². The first-order valence-corrected chi connectivity index (χ1v) is 4.69. The Kier molecular flexibility index (Phi) is 3.08. The SMILES string of the molecule is CC(C)(C)c1cc(OC(F)(F)F)ccc1O. The zero-order chi connectivity index (χ0) is 12.6. The maximum atomic E-state index is 12.0. The molecule has 0 fully saturated rings. The molecule has 0 radical (unpaired) electrons. The second-order valence-corrected chi connectivity index (χ2v) is 4.48. The third-order valence-corrected chi connectivity index (χ3v) is 2.01. The number of phenols is 1. The van der Waals surface area contributed by atoms with Gasteiger partial charge in [-0.2, -0.15) is 0 Å². The van der Waals surface area contributed by atoms with Crippen LogP contribution >= 0.6 is 0 Å². The number of aromatic hydroxyl groups is 1. The average molecular weight is 234 g/mol. The highest BCUT2D eigenvalue weighted by molar-refractivity contribution is 5.43. The van der Waals surface area contributed by atoms with Gasteiger partial charge in [-0.05, 0) is 23.6 Å². The van der Waals surface area contributed by atoms with E-state index in [1.165, 1.54) is 12.1 Å². The van der Waals surface area contributed by atoms with Crippen LogP contribution in [0.4, 0.5) is 13.2 Å². The van der Waals surface area contributed by atoms with Gasteiger partial charge in [-0.25, -0.2) is 0 Å². The van der Waals surface area contributed by atoms with Gasteiger partial charge in [0.1, 0.15) is 11.5 Å². The molecule has 0 saturated carbocycles. The first-order chi connectivity index (χ1) is 7.09. The Labute approximate surface area is 91.7 Å². The molecule has 0 unspecified atom stereocenters. The van der Waals surface area contributed by atoms with E-state index in [0.717, 1.165) is 6.07 Å². The molecule has 16 heavy (non-hydrogen) atoms. The van der Waals surface area contributed by atoms with Crippen molar-refractivity contribution in [1.29, 1.82) is 0 Å². The first-order valence-electron chi connectivity index (χ1n) is 4.69. The summed E-state index contributed by atoms with van der Waals surface area (Å²) in [5.74, 6) is -0.364. The van der Waals surface area contributed by atoms with E-state index >= 15 is 0 Å². The topological polar surface area (TPSA) is 29.5 Å². The van der Waals surface area contributed by atoms with Crippen LogP contribution in [0.5, 0.6) is 11.5 Å². The van der Waals surface area contributed by atoms with E-state index < -0.39 is 11.8 Å². The van der Waals surface area contributed by atoms with Crippen molar-refractivity contribution in [2.45, 2.75) is 32.5 Å². The van der Waals surface area contributed by atoms with Crippen molar-refractivity contribution in [3.05, 3.63) is 23.8 Å². The Hall–Kier alpha value is -1.39. The molecule has 0 aliphatic rings. The van der Waals surface area contributed by atoms with Crippen LogP contribution in [0.1, 0.15) is 26.3 Å². The van der Waals surface area contributed by atoms with Crippen molar-refractivity contribution >= 4 is 0 Å². The molecule has 0 aliphatic heterocycles. The van der Waals surface area contributed by atoms with Crippen molar-refractivity contribution in [3.63, 3.8) is 0 Å². The fourth-order valence-corrected chi connectivity index (χ4v) is 1.31. The molecule has 1 N–H and O–H groups in total. The van der Waals surface area contributed by atoms with Gasteiger partial charge < -0.3 is 9.84 Å². The standard InChI is InChI=1S/C11H13F3O2/c1-10(2,3)8-6-7(4-5-9(8)15)16-11(12,13)14/h4-6,15H,1-3H3. The van der Waals surface area contributed by atoms with Gasteiger partial charge in [0.25, 0.3) is 0 Å². The zero-order valence-corrected chi connectivity index (χ0v) is 9.22. The monoisotopic (exact) mass is 234 g/mol. The second-order valence-electron chi connectivity index (χ2n) is 4.48. The number of hydrogen-bond acceptors (Lipinski definition) is 2. The molecule has 0 aromatic heterocycles. The van der Waals surface area contributed by atoms with Crippen LogP contribution in [0.25, 0.3) is 0 Å². The van der Waals surface area contributed by atoms with Gasteiger partial charge in [-0.1, -0.05) is 20.8 Å². The normalized spacial score (nSPS) is 12.6. The lowest BCUT2D eigenvalue weighted by Gasteiger charge is -2.21. The summed E-state index contributed by atoms with van der Waals surface area (Å²) >= 11 is 0. The minimum absolute atomic E-state index is 0.0398. The lowest BCUT2D eigenvalue weighted by molar-refractivity contribution is -0.274. The van der Waals surface area contributed by atoms with E-state index in [-0.39, 0.29) is 11.5 Å². The molecule has 1 rings (SSSR count). The minimum Gasteiger partial charge on any atom is -0.508 e. The molecule has 0 atom stereocenters. The number of halogens is 3. The van der Waals surface area contributed by atoms with Crippen LogP contribution in [0.2, 0.25) is 0 Å². The summed E-state index contributed by atoms with van der Waals surface area (Å²) in [6.45, 7) is 5.37. The Bertz CT molecular complexity index is 378. The zero-order valence-electron chi connectivity index (χ0n) is 9.22. The van der Waals surface area contributed by atoms with Gasteiger partial charge in [0.2, 0.25) is 0 Å². The number of benzene rings is 1. The summed E-state index contributed by atoms with van der Waals surface area (Å²) in [4.78, 5) is 0. The van der Waals surface area contributed by atoms with Gasteiger partial charge in [-0.15, -0.1) is 13.2 Å². The molecule has 0 amide bonds. The molecule has 0 spiro atoms. The summed E-state index contributed by atoms with van der Waals surface area (Å²) in [5, 5.41) is 9.53. The Morgan fingerprint density at radius 1 is 1.12 bits per heavy atom. The molecule has 0 aliphatic carbocycles. The largest absolute Gasteiger partial charge is 0.573 e. The predicted molar refractivity (Wildman–Crippen MR) is 53.5 cm³/mol. The quantitative estimate of drug-likeness (QED) is 0.804. The molecule has 90 valence electrons. The molecular weight excluding hydrogens is 221 g/mol. The highest BCUT2D eigenvalue weighted by Gasteiger charge is 2.31. The Balaban J connectivity index is 3.09. The number of rotatable bonds is 1. The van der Waals surface area contributed by atoms with Crippen molar-refractivity contribution in [2.24, 2.45) is 0 Å². The number of hydrogen-bond donors (Lipinski definition) is 1. The highest BCUT2D eigenvalue weighted by atomic mass is 19.4. The fraction of sp³-hybridized carbons (Fsp3) is 0.455. The molecular formula is C11H13F3O2. The predicted octanol–water partition coefficient (Wildman–Crippen LogP) is 3.59. The second kappa shape index (κ2) is 3.88. The van der Waals surface area contributed by atoms with Crippen molar-refractivity contribution < 1.29 is 23.0 Å². The molecule has 1 aromatic rings. The highest BCUT2D eigenvalue weighted by Crippen LogP contribution is 2.34. The lowest BCUT2D eigenvalue weighted by Crippen LogP contribution is -2.18. The summed E-state index contributed by atoms with van der Waals surface area (Å²) < 4.78 is 39.7. The van der Waals surface area contributed by atoms with Gasteiger partial charge >= 0.3 is 6.36 Å². The third-order valence-electron chi connectivity index (χ3n) is 2.01. The molecule has 5 heteroatoms. The molecule has 0 saturated heterocycles. The van der Waals surface area contributed by atoms with Gasteiger partial charge in [-0.3, -0.25) is 0 Å². The van der Waals surface area contributed by atoms with E-state index in [9.17, 15) is 18.3 Å². The van der Waals surface area contributed by atoms with Gasteiger partial charge in [0.05, 0.1) is 0 Å². The Morgan fingerprint density at radius 3 is 2.12 bits per heavy atom. The summed E-state index contributed by atoms with van der Waals surface area (Å²) in [7, 11) is 0. The molecule has 1 aromatic carbocycles. The molecule has 0 heterocycles. The van der Waals surface area contributed by atoms with E-state index in [2.05, 4.69) is 4.74 Å². The minimum atomic E-state index is -4.72. The van der Waals surface area contributed by atoms with Crippen molar-refractivity contribution in [2.75, 3.05) is 0 Å². The van der Waals surface area contributed by atoms with Crippen molar-refractivity contribution in [1.82, 2.24) is 0 Å². The van der Waals surface area contributed by atoms with E-state index in [0.29, 0.717) is 5.56 Å². The maximum Gasteiger partial charge on any atom is 0.573 e.